The van der Waals surface area contributed by atoms with Crippen molar-refractivity contribution in [1.29, 1.82) is 0 Å². The number of anilines is 1. The normalized spacial score (nSPS) is 24.3. The molecule has 0 aliphatic carbocycles. The van der Waals surface area contributed by atoms with E-state index in [9.17, 15) is 4.79 Å². The average molecular weight is 352 g/mol. The molecule has 6 nitrogen and oxygen atoms in total. The molecule has 134 valence electrons. The van der Waals surface area contributed by atoms with Crippen LogP contribution in [0.15, 0.2) is 5.38 Å². The number of nitrogens with one attached hydrogen (secondary N) is 1. The molecule has 1 amide bonds. The molecule has 7 heteroatoms. The van der Waals surface area contributed by atoms with Crippen molar-refractivity contribution in [1.82, 2.24) is 19.7 Å². The van der Waals surface area contributed by atoms with Gasteiger partial charge in [0.2, 0.25) is 5.91 Å². The van der Waals surface area contributed by atoms with Gasteiger partial charge in [-0.25, -0.2) is 4.98 Å². The quantitative estimate of drug-likeness (QED) is 0.878. The number of nitrogens with zero attached hydrogens (tertiary/aromatic N) is 4. The Balaban J connectivity index is 1.50. The number of thiazole rings is 1. The van der Waals surface area contributed by atoms with Gasteiger partial charge in [-0.05, 0) is 33.4 Å². The van der Waals surface area contributed by atoms with E-state index in [1.807, 2.05) is 4.90 Å². The van der Waals surface area contributed by atoms with Crippen molar-refractivity contribution in [2.24, 2.45) is 0 Å². The largest absolute Gasteiger partial charge is 0.360 e. The monoisotopic (exact) mass is 351 g/mol. The molecule has 2 atom stereocenters. The van der Waals surface area contributed by atoms with Gasteiger partial charge in [0.1, 0.15) is 0 Å². The summed E-state index contributed by atoms with van der Waals surface area (Å²) in [4.78, 5) is 23.0. The predicted molar refractivity (Wildman–Crippen MR) is 98.5 cm³/mol. The molecule has 3 heterocycles. The molecule has 1 aromatic rings. The summed E-state index contributed by atoms with van der Waals surface area (Å²) >= 11 is 1.70. The Bertz CT molecular complexity index is 555. The Morgan fingerprint density at radius 3 is 2.75 bits per heavy atom. The van der Waals surface area contributed by atoms with Crippen LogP contribution >= 0.6 is 11.3 Å². The summed E-state index contributed by atoms with van der Waals surface area (Å²) in [5.41, 5.74) is 1.14. The molecular weight excluding hydrogens is 322 g/mol. The lowest BCUT2D eigenvalue weighted by Crippen LogP contribution is -2.48. The van der Waals surface area contributed by atoms with Crippen LogP contribution in [-0.4, -0.2) is 77.9 Å². The smallest absolute Gasteiger partial charge is 0.219 e. The Morgan fingerprint density at radius 1 is 1.38 bits per heavy atom. The van der Waals surface area contributed by atoms with E-state index < -0.39 is 0 Å². The Morgan fingerprint density at radius 2 is 2.12 bits per heavy atom. The van der Waals surface area contributed by atoms with Crippen molar-refractivity contribution < 1.29 is 4.79 Å². The van der Waals surface area contributed by atoms with E-state index in [-0.39, 0.29) is 5.91 Å². The summed E-state index contributed by atoms with van der Waals surface area (Å²) in [6.07, 6.45) is 2.58. The third kappa shape index (κ3) is 4.07. The maximum Gasteiger partial charge on any atom is 0.219 e. The zero-order valence-corrected chi connectivity index (χ0v) is 15.8. The minimum atomic E-state index is 0.180. The lowest BCUT2D eigenvalue weighted by molar-refractivity contribution is -0.130. The summed E-state index contributed by atoms with van der Waals surface area (Å²) in [7, 11) is 2.20. The summed E-state index contributed by atoms with van der Waals surface area (Å²) in [6, 6.07) is 0.939. The van der Waals surface area contributed by atoms with Crippen LogP contribution in [0.5, 0.6) is 0 Å². The van der Waals surface area contributed by atoms with E-state index >= 15 is 0 Å². The van der Waals surface area contributed by atoms with Crippen LogP contribution in [-0.2, 0) is 4.79 Å². The molecule has 1 N–H and O–H groups in total. The molecule has 0 aromatic carbocycles. The van der Waals surface area contributed by atoms with Gasteiger partial charge in [0.15, 0.2) is 5.13 Å². The zero-order chi connectivity index (χ0) is 17.1. The number of piperazine rings is 1. The second-order valence-electron chi connectivity index (χ2n) is 6.95. The highest BCUT2D eigenvalue weighted by Gasteiger charge is 2.25. The fourth-order valence-electron chi connectivity index (χ4n) is 3.61. The Kier molecular flexibility index (Phi) is 5.73. The van der Waals surface area contributed by atoms with Gasteiger partial charge in [0.05, 0.1) is 11.7 Å². The highest BCUT2D eigenvalue weighted by Crippen LogP contribution is 2.26. The first-order valence-electron chi connectivity index (χ1n) is 8.93. The predicted octanol–water partition coefficient (Wildman–Crippen LogP) is 1.87. The van der Waals surface area contributed by atoms with Crippen molar-refractivity contribution in [2.75, 3.05) is 51.6 Å². The summed E-state index contributed by atoms with van der Waals surface area (Å²) in [5, 5.41) is 6.71. The minimum absolute atomic E-state index is 0.180. The van der Waals surface area contributed by atoms with Gasteiger partial charge in [0.25, 0.3) is 0 Å². The van der Waals surface area contributed by atoms with Crippen LogP contribution in [0.4, 0.5) is 5.13 Å². The van der Waals surface area contributed by atoms with Crippen molar-refractivity contribution in [3.8, 4) is 0 Å². The molecule has 24 heavy (non-hydrogen) atoms. The van der Waals surface area contributed by atoms with Gasteiger partial charge in [-0.15, -0.1) is 11.3 Å². The van der Waals surface area contributed by atoms with Gasteiger partial charge in [0, 0.05) is 51.1 Å². The number of likely N-dealkylation sites (N-methyl/N-ethyl adjacent to an activating group) is 1. The second kappa shape index (κ2) is 7.80. The van der Waals surface area contributed by atoms with Crippen LogP contribution in [0.3, 0.4) is 0 Å². The van der Waals surface area contributed by atoms with E-state index in [2.05, 4.69) is 34.5 Å². The summed E-state index contributed by atoms with van der Waals surface area (Å²) in [6.45, 7) is 9.55. The number of carbonyl (C=O) groups is 1. The second-order valence-corrected chi connectivity index (χ2v) is 7.81. The minimum Gasteiger partial charge on any atom is -0.360 e. The third-order valence-corrected chi connectivity index (χ3v) is 6.24. The van der Waals surface area contributed by atoms with E-state index in [1.54, 1.807) is 18.3 Å². The highest BCUT2D eigenvalue weighted by atomic mass is 32.1. The first-order valence-corrected chi connectivity index (χ1v) is 9.81. The van der Waals surface area contributed by atoms with E-state index in [4.69, 9.17) is 4.98 Å². The van der Waals surface area contributed by atoms with Gasteiger partial charge in [-0.1, -0.05) is 0 Å². The standard InChI is InChI=1S/C17H29N5OS/c1-13(21-7-9-22(10-8-21)14(2)23)16-12-24-17(19-16)18-11-15-5-4-6-20(15)3/h12-13,15H,4-11H2,1-3H3,(H,18,19). The molecule has 1 aromatic heterocycles. The molecule has 0 saturated carbocycles. The molecular formula is C17H29N5OS. The van der Waals surface area contributed by atoms with Crippen LogP contribution in [0.1, 0.15) is 38.4 Å². The third-order valence-electron chi connectivity index (χ3n) is 5.42. The van der Waals surface area contributed by atoms with Crippen LogP contribution in [0.2, 0.25) is 0 Å². The highest BCUT2D eigenvalue weighted by molar-refractivity contribution is 7.13. The molecule has 2 fully saturated rings. The maximum atomic E-state index is 11.4. The zero-order valence-electron chi connectivity index (χ0n) is 15.0. The fourth-order valence-corrected chi connectivity index (χ4v) is 4.42. The SMILES string of the molecule is CC(=O)N1CCN(C(C)c2csc(NCC3CCCN3C)n2)CC1. The lowest BCUT2D eigenvalue weighted by Gasteiger charge is -2.37. The molecule has 0 spiro atoms. The van der Waals surface area contributed by atoms with Crippen LogP contribution in [0.25, 0.3) is 0 Å². The molecule has 2 saturated heterocycles. The van der Waals surface area contributed by atoms with Gasteiger partial charge < -0.3 is 15.1 Å². The molecule has 2 unspecified atom stereocenters. The lowest BCUT2D eigenvalue weighted by atomic mass is 10.2. The molecule has 2 aliphatic rings. The van der Waals surface area contributed by atoms with Crippen LogP contribution < -0.4 is 5.32 Å². The fraction of sp³-hybridized carbons (Fsp3) is 0.765. The first-order chi connectivity index (χ1) is 11.5. The van der Waals surface area contributed by atoms with E-state index in [1.165, 1.54) is 19.4 Å². The number of aromatic nitrogens is 1. The van der Waals surface area contributed by atoms with Crippen molar-refractivity contribution >= 4 is 22.4 Å². The molecule has 2 aliphatic heterocycles. The number of amides is 1. The Hall–Kier alpha value is -1.18. The number of likely N-dealkylation sites (tertiary alicyclic amines) is 1. The van der Waals surface area contributed by atoms with Gasteiger partial charge in [-0.3, -0.25) is 9.69 Å². The number of hydrogen-bond donors (Lipinski definition) is 1. The molecule has 3 rings (SSSR count). The van der Waals surface area contributed by atoms with Crippen molar-refractivity contribution in [3.63, 3.8) is 0 Å². The van der Waals surface area contributed by atoms with Crippen molar-refractivity contribution in [3.05, 3.63) is 11.1 Å². The average Bonchev–Trinajstić information content (AvgIpc) is 3.21. The Labute approximate surface area is 148 Å². The number of carbonyl (C=O) groups excluding carboxylic acids is 1. The number of rotatable bonds is 5. The van der Waals surface area contributed by atoms with Crippen molar-refractivity contribution in [2.45, 2.75) is 38.8 Å². The molecule has 0 bridgehead atoms. The first kappa shape index (κ1) is 17.6. The topological polar surface area (TPSA) is 51.7 Å². The van der Waals surface area contributed by atoms with E-state index in [0.717, 1.165) is 43.5 Å². The summed E-state index contributed by atoms with van der Waals surface area (Å²) < 4.78 is 0. The van der Waals surface area contributed by atoms with E-state index in [0.29, 0.717) is 12.1 Å². The van der Waals surface area contributed by atoms with Crippen LogP contribution in [0, 0.1) is 0 Å². The number of hydrogen-bond acceptors (Lipinski definition) is 6. The summed E-state index contributed by atoms with van der Waals surface area (Å²) in [5.74, 6) is 0.180. The van der Waals surface area contributed by atoms with Gasteiger partial charge >= 0.3 is 0 Å². The molecule has 0 radical (unpaired) electrons. The van der Waals surface area contributed by atoms with Gasteiger partial charge in [-0.2, -0.15) is 0 Å². The maximum absolute atomic E-state index is 11.4.